The Labute approximate surface area is 198 Å². The van der Waals surface area contributed by atoms with Crippen LogP contribution in [0.25, 0.3) is 0 Å². The maximum Gasteiger partial charge on any atom is 0.264 e. The molecule has 0 saturated heterocycles. The first-order valence-electron chi connectivity index (χ1n) is 10.9. The van der Waals surface area contributed by atoms with E-state index in [0.717, 1.165) is 24.8 Å². The fourth-order valence-corrected chi connectivity index (χ4v) is 6.07. The van der Waals surface area contributed by atoms with Crippen molar-refractivity contribution < 1.29 is 17.9 Å². The van der Waals surface area contributed by atoms with E-state index in [2.05, 4.69) is 11.4 Å². The summed E-state index contributed by atoms with van der Waals surface area (Å²) in [7, 11) is -3.93. The maximum absolute atomic E-state index is 13.5. The number of amides is 1. The largest absolute Gasteiger partial charge is 0.476 e. The topological polar surface area (TPSA) is 75.7 Å². The number of hydrogen-bond donors (Lipinski definition) is 1. The molecule has 0 fully saturated rings. The van der Waals surface area contributed by atoms with E-state index in [1.165, 1.54) is 34.1 Å². The van der Waals surface area contributed by atoms with Crippen molar-refractivity contribution in [2.45, 2.75) is 36.3 Å². The first-order valence-corrected chi connectivity index (χ1v) is 12.7. The Balaban J connectivity index is 1.44. The molecule has 6 nitrogen and oxygen atoms in total. The van der Waals surface area contributed by atoms with Gasteiger partial charge in [0.2, 0.25) is 0 Å². The summed E-state index contributed by atoms with van der Waals surface area (Å²) >= 11 is 5.94. The zero-order chi connectivity index (χ0) is 23.0. The van der Waals surface area contributed by atoms with E-state index in [-0.39, 0.29) is 23.4 Å². The molecule has 0 saturated carbocycles. The van der Waals surface area contributed by atoms with Gasteiger partial charge in [-0.2, -0.15) is 0 Å². The van der Waals surface area contributed by atoms with Crippen LogP contribution in [0.4, 0.5) is 5.69 Å². The molecule has 170 valence electrons. The van der Waals surface area contributed by atoms with Crippen molar-refractivity contribution in [1.29, 1.82) is 0 Å². The number of rotatable bonds is 4. The van der Waals surface area contributed by atoms with Crippen LogP contribution in [0.2, 0.25) is 5.02 Å². The van der Waals surface area contributed by atoms with Gasteiger partial charge >= 0.3 is 0 Å². The van der Waals surface area contributed by atoms with Gasteiger partial charge < -0.3 is 10.1 Å². The quantitative estimate of drug-likeness (QED) is 0.594. The van der Waals surface area contributed by atoms with Crippen LogP contribution in [0.15, 0.2) is 77.7 Å². The number of para-hydroxylation sites is 2. The van der Waals surface area contributed by atoms with Crippen LogP contribution < -0.4 is 14.4 Å². The molecule has 0 bridgehead atoms. The van der Waals surface area contributed by atoms with E-state index >= 15 is 0 Å². The van der Waals surface area contributed by atoms with Crippen molar-refractivity contribution >= 4 is 33.2 Å². The summed E-state index contributed by atoms with van der Waals surface area (Å²) in [6, 6.07) is 20.8. The lowest BCUT2D eigenvalue weighted by Crippen LogP contribution is -2.51. The number of benzene rings is 3. The summed E-state index contributed by atoms with van der Waals surface area (Å²) in [5, 5.41) is 3.54. The monoisotopic (exact) mass is 482 g/mol. The third-order valence-electron chi connectivity index (χ3n) is 6.11. The minimum absolute atomic E-state index is 0.101. The van der Waals surface area contributed by atoms with Crippen LogP contribution >= 0.6 is 11.6 Å². The second kappa shape index (κ2) is 8.72. The molecule has 1 aliphatic heterocycles. The van der Waals surface area contributed by atoms with Gasteiger partial charge in [-0.05, 0) is 66.8 Å². The summed E-state index contributed by atoms with van der Waals surface area (Å²) < 4.78 is 34.2. The van der Waals surface area contributed by atoms with Crippen molar-refractivity contribution in [3.05, 3.63) is 88.9 Å². The van der Waals surface area contributed by atoms with E-state index < -0.39 is 16.1 Å². The Kier molecular flexibility index (Phi) is 5.76. The minimum atomic E-state index is -3.93. The average molecular weight is 483 g/mol. The molecule has 1 heterocycles. The Morgan fingerprint density at radius 2 is 1.73 bits per heavy atom. The van der Waals surface area contributed by atoms with Gasteiger partial charge in [-0.15, -0.1) is 0 Å². The van der Waals surface area contributed by atoms with Crippen LogP contribution in [-0.2, 0) is 21.2 Å². The molecule has 1 aliphatic carbocycles. The van der Waals surface area contributed by atoms with Gasteiger partial charge in [0.25, 0.3) is 15.9 Å². The molecule has 1 amide bonds. The van der Waals surface area contributed by atoms with E-state index in [0.29, 0.717) is 16.5 Å². The molecule has 2 aliphatic rings. The smallest absolute Gasteiger partial charge is 0.264 e. The van der Waals surface area contributed by atoms with E-state index in [1.54, 1.807) is 24.3 Å². The van der Waals surface area contributed by atoms with Gasteiger partial charge in [-0.3, -0.25) is 9.10 Å². The Morgan fingerprint density at radius 3 is 2.55 bits per heavy atom. The van der Waals surface area contributed by atoms with Gasteiger partial charge in [0, 0.05) is 5.02 Å². The lowest BCUT2D eigenvalue weighted by atomic mass is 9.87. The number of hydrogen-bond acceptors (Lipinski definition) is 4. The number of ether oxygens (including phenoxy) is 1. The third kappa shape index (κ3) is 4.18. The third-order valence-corrected chi connectivity index (χ3v) is 8.16. The van der Waals surface area contributed by atoms with Crippen LogP contribution in [0.3, 0.4) is 0 Å². The van der Waals surface area contributed by atoms with E-state index in [4.69, 9.17) is 16.3 Å². The molecule has 33 heavy (non-hydrogen) atoms. The number of sulfonamides is 1. The van der Waals surface area contributed by atoms with Gasteiger partial charge in [0.15, 0.2) is 6.10 Å². The zero-order valence-electron chi connectivity index (χ0n) is 17.8. The zero-order valence-corrected chi connectivity index (χ0v) is 19.4. The first-order chi connectivity index (χ1) is 15.9. The molecule has 0 radical (unpaired) electrons. The number of nitrogens with one attached hydrogen (secondary N) is 1. The predicted molar refractivity (Wildman–Crippen MR) is 127 cm³/mol. The van der Waals surface area contributed by atoms with Gasteiger partial charge in [-0.25, -0.2) is 8.42 Å². The van der Waals surface area contributed by atoms with E-state index in [9.17, 15) is 13.2 Å². The molecule has 3 aromatic carbocycles. The Bertz CT molecular complexity index is 1290. The fourth-order valence-electron chi connectivity index (χ4n) is 4.47. The lowest BCUT2D eigenvalue weighted by Gasteiger charge is -2.36. The Morgan fingerprint density at radius 1 is 1.00 bits per heavy atom. The van der Waals surface area contributed by atoms with Crippen molar-refractivity contribution in [1.82, 2.24) is 5.32 Å². The van der Waals surface area contributed by atoms with E-state index in [1.807, 2.05) is 18.2 Å². The molecule has 0 unspecified atom stereocenters. The number of carbonyl (C=O) groups excluding carboxylic acids is 1. The van der Waals surface area contributed by atoms with Gasteiger partial charge in [0.05, 0.1) is 23.2 Å². The highest BCUT2D eigenvalue weighted by Gasteiger charge is 2.38. The van der Waals surface area contributed by atoms with Crippen molar-refractivity contribution in [3.8, 4) is 5.75 Å². The number of halogens is 1. The number of anilines is 1. The van der Waals surface area contributed by atoms with Crippen molar-refractivity contribution in [2.75, 3.05) is 10.8 Å². The van der Waals surface area contributed by atoms with Crippen molar-refractivity contribution in [2.24, 2.45) is 0 Å². The molecule has 0 spiro atoms. The standard InChI is InChI=1S/C25H23ClN2O4S/c26-18-12-14-19(15-13-18)33(30,31)28-16-24(32-23-11-4-3-10-22(23)28)25(29)27-21-9-5-7-17-6-1-2-8-20(17)21/h1-4,6,8,10-15,21,24H,5,7,9,16H2,(H,27,29)/t21-,24+/m1/s1. The molecule has 5 rings (SSSR count). The Hall–Kier alpha value is -3.03. The molecule has 0 aromatic heterocycles. The number of fused-ring (bicyclic) bond motifs is 2. The van der Waals surface area contributed by atoms with Crippen LogP contribution in [-0.4, -0.2) is 27.0 Å². The number of carbonyl (C=O) groups is 1. The molecule has 8 heteroatoms. The van der Waals surface area contributed by atoms with Gasteiger partial charge in [0.1, 0.15) is 5.75 Å². The van der Waals surface area contributed by atoms with Crippen LogP contribution in [0, 0.1) is 0 Å². The fraction of sp³-hybridized carbons (Fsp3) is 0.240. The van der Waals surface area contributed by atoms with Crippen LogP contribution in [0.5, 0.6) is 5.75 Å². The molecular weight excluding hydrogens is 460 g/mol. The first kappa shape index (κ1) is 21.8. The summed E-state index contributed by atoms with van der Waals surface area (Å²) in [5.74, 6) is 0.0213. The minimum Gasteiger partial charge on any atom is -0.476 e. The summed E-state index contributed by atoms with van der Waals surface area (Å²) in [6.45, 7) is -0.123. The summed E-state index contributed by atoms with van der Waals surface area (Å²) in [6.07, 6.45) is 1.82. The highest BCUT2D eigenvalue weighted by atomic mass is 35.5. The lowest BCUT2D eigenvalue weighted by molar-refractivity contribution is -0.128. The highest BCUT2D eigenvalue weighted by Crippen LogP contribution is 2.37. The van der Waals surface area contributed by atoms with Crippen molar-refractivity contribution in [3.63, 3.8) is 0 Å². The molecule has 1 N–H and O–H groups in total. The van der Waals surface area contributed by atoms with Gasteiger partial charge in [-0.1, -0.05) is 48.0 Å². The molecule has 2 atom stereocenters. The second-order valence-corrected chi connectivity index (χ2v) is 10.5. The highest BCUT2D eigenvalue weighted by molar-refractivity contribution is 7.92. The maximum atomic E-state index is 13.5. The van der Waals surface area contributed by atoms with Crippen LogP contribution in [0.1, 0.15) is 30.0 Å². The second-order valence-electron chi connectivity index (χ2n) is 8.22. The SMILES string of the molecule is O=C(N[C@@H]1CCCc2ccccc21)[C@@H]1CN(S(=O)(=O)c2ccc(Cl)cc2)c2ccccc2O1. The molecule has 3 aromatic rings. The predicted octanol–water partition coefficient (Wildman–Crippen LogP) is 4.49. The summed E-state index contributed by atoms with van der Waals surface area (Å²) in [5.41, 5.74) is 2.74. The normalized spacial score (nSPS) is 19.7. The number of nitrogens with zero attached hydrogens (tertiary/aromatic N) is 1. The summed E-state index contributed by atoms with van der Waals surface area (Å²) in [4.78, 5) is 13.4. The molecular formula is C25H23ClN2O4S. The number of aryl methyl sites for hydroxylation is 1. The average Bonchev–Trinajstić information content (AvgIpc) is 2.84.